The van der Waals surface area contributed by atoms with Crippen molar-refractivity contribution in [2.75, 3.05) is 14.1 Å². The average molecular weight is 1060 g/mol. The number of pyridine rings is 4. The summed E-state index contributed by atoms with van der Waals surface area (Å²) in [6.07, 6.45) is 9.32. The first-order valence-electron chi connectivity index (χ1n) is 23.9. The number of carbonyl (C=O) groups is 4. The highest BCUT2D eigenvalue weighted by molar-refractivity contribution is 6.01. The monoisotopic (exact) mass is 1060 g/mol. The van der Waals surface area contributed by atoms with E-state index in [1.165, 1.54) is 69.2 Å². The van der Waals surface area contributed by atoms with Gasteiger partial charge in [-0.05, 0) is 106 Å². The number of carboxylic acids is 1. The van der Waals surface area contributed by atoms with E-state index in [1.807, 2.05) is 54.7 Å². The SMILES string of the molecule is CN(C)C(=O)c1cnc2[nH]cc(-c3cccc(CNC(=O)c4cccn(Cc5ccc(F)c(F)c5)c4=O)c3)c2c1.O=C(O)c1cnc2[nH]cc(-c3cccc(CNC(=O)c4cccn(Cc5ccc(F)c(F)c5)c4=O)c3)c2c1. The van der Waals surface area contributed by atoms with E-state index >= 15 is 0 Å². The number of fused-ring (bicyclic) bond motifs is 2. The lowest BCUT2D eigenvalue weighted by molar-refractivity contribution is 0.0695. The minimum Gasteiger partial charge on any atom is -0.478 e. The molecule has 6 aromatic heterocycles. The number of H-pyrrole nitrogens is 2. The lowest BCUT2D eigenvalue weighted by atomic mass is 10.0. The predicted molar refractivity (Wildman–Crippen MR) is 283 cm³/mol. The zero-order chi connectivity index (χ0) is 55.2. The van der Waals surface area contributed by atoms with E-state index < -0.39 is 52.2 Å². The summed E-state index contributed by atoms with van der Waals surface area (Å²) in [7, 11) is 3.36. The summed E-state index contributed by atoms with van der Waals surface area (Å²) in [5.41, 5.74) is 6.05. The Morgan fingerprint density at radius 2 is 1.00 bits per heavy atom. The van der Waals surface area contributed by atoms with Crippen LogP contribution in [0.1, 0.15) is 63.7 Å². The molecule has 0 radical (unpaired) electrons. The number of nitrogens with one attached hydrogen (secondary N) is 4. The van der Waals surface area contributed by atoms with Crippen LogP contribution in [-0.4, -0.2) is 76.9 Å². The molecule has 0 unspecified atom stereocenters. The number of nitrogens with zero attached hydrogens (tertiary/aromatic N) is 5. The molecule has 0 fully saturated rings. The van der Waals surface area contributed by atoms with Crippen LogP contribution in [0.15, 0.2) is 168 Å². The van der Waals surface area contributed by atoms with Gasteiger partial charge in [0.2, 0.25) is 0 Å². The van der Waals surface area contributed by atoms with Crippen LogP contribution in [0, 0.1) is 23.3 Å². The van der Waals surface area contributed by atoms with Crippen molar-refractivity contribution in [1.29, 1.82) is 0 Å². The van der Waals surface area contributed by atoms with Crippen LogP contribution in [0.2, 0.25) is 0 Å². The van der Waals surface area contributed by atoms with Gasteiger partial charge in [0.15, 0.2) is 23.3 Å². The molecule has 392 valence electrons. The fourth-order valence-electron chi connectivity index (χ4n) is 8.57. The normalized spacial score (nSPS) is 11.0. The second-order valence-electron chi connectivity index (χ2n) is 18.1. The summed E-state index contributed by atoms with van der Waals surface area (Å²) in [5.74, 6) is -6.34. The van der Waals surface area contributed by atoms with Crippen LogP contribution in [0.3, 0.4) is 0 Å². The van der Waals surface area contributed by atoms with Crippen LogP contribution < -0.4 is 21.8 Å². The van der Waals surface area contributed by atoms with E-state index in [1.54, 1.807) is 38.5 Å². The smallest absolute Gasteiger partial charge is 0.337 e. The first-order chi connectivity index (χ1) is 37.5. The largest absolute Gasteiger partial charge is 0.478 e. The van der Waals surface area contributed by atoms with Crippen LogP contribution >= 0.6 is 0 Å². The Hall–Kier alpha value is -10.2. The van der Waals surface area contributed by atoms with Gasteiger partial charge in [0.1, 0.15) is 22.4 Å². The van der Waals surface area contributed by atoms with Gasteiger partial charge in [-0.25, -0.2) is 32.3 Å². The number of benzene rings is 4. The molecular weight excluding hydrogens is 1010 g/mol. The molecule has 10 rings (SSSR count). The van der Waals surface area contributed by atoms with Crippen molar-refractivity contribution < 1.29 is 41.8 Å². The Labute approximate surface area is 440 Å². The number of aromatic amines is 2. The van der Waals surface area contributed by atoms with Gasteiger partial charge in [-0.2, -0.15) is 0 Å². The third-order valence-electron chi connectivity index (χ3n) is 12.5. The van der Waals surface area contributed by atoms with Gasteiger partial charge in [-0.3, -0.25) is 24.0 Å². The number of aromatic nitrogens is 6. The van der Waals surface area contributed by atoms with E-state index in [0.29, 0.717) is 33.4 Å². The third-order valence-corrected chi connectivity index (χ3v) is 12.5. The first-order valence-corrected chi connectivity index (χ1v) is 23.9. The molecule has 5 N–H and O–H groups in total. The summed E-state index contributed by atoms with van der Waals surface area (Å²) in [4.78, 5) is 91.5. The van der Waals surface area contributed by atoms with Crippen molar-refractivity contribution in [3.8, 4) is 22.3 Å². The highest BCUT2D eigenvalue weighted by Crippen LogP contribution is 2.31. The van der Waals surface area contributed by atoms with Crippen molar-refractivity contribution in [2.24, 2.45) is 0 Å². The van der Waals surface area contributed by atoms with Crippen LogP contribution in [-0.2, 0) is 26.2 Å². The number of rotatable bonds is 14. The van der Waals surface area contributed by atoms with Gasteiger partial charge >= 0.3 is 5.97 Å². The van der Waals surface area contributed by atoms with E-state index in [0.717, 1.165) is 63.0 Å². The maximum Gasteiger partial charge on any atom is 0.337 e. The average Bonchev–Trinajstić information content (AvgIpc) is 4.18. The van der Waals surface area contributed by atoms with Crippen molar-refractivity contribution in [3.63, 3.8) is 0 Å². The van der Waals surface area contributed by atoms with Gasteiger partial charge in [-0.1, -0.05) is 48.5 Å². The lowest BCUT2D eigenvalue weighted by Gasteiger charge is -2.11. The Balaban J connectivity index is 0.000000190. The van der Waals surface area contributed by atoms with Gasteiger partial charge in [0, 0.05) is 86.3 Å². The fourth-order valence-corrected chi connectivity index (χ4v) is 8.57. The van der Waals surface area contributed by atoms with Crippen molar-refractivity contribution in [3.05, 3.63) is 247 Å². The molecule has 0 aliphatic carbocycles. The van der Waals surface area contributed by atoms with Gasteiger partial charge in [-0.15, -0.1) is 0 Å². The molecule has 16 nitrogen and oxygen atoms in total. The highest BCUT2D eigenvalue weighted by atomic mass is 19.2. The molecular formula is C58H45F4N9O7. The zero-order valence-corrected chi connectivity index (χ0v) is 41.5. The quantitative estimate of drug-likeness (QED) is 0.0658. The van der Waals surface area contributed by atoms with Crippen LogP contribution in [0.4, 0.5) is 17.6 Å². The van der Waals surface area contributed by atoms with Gasteiger partial charge in [0.25, 0.3) is 28.8 Å². The maximum absolute atomic E-state index is 13.6. The molecule has 0 atom stereocenters. The molecule has 0 bridgehead atoms. The Bertz CT molecular complexity index is 4090. The van der Waals surface area contributed by atoms with E-state index in [2.05, 4.69) is 30.6 Å². The summed E-state index contributed by atoms with van der Waals surface area (Å²) in [6.45, 7) is 0.253. The van der Waals surface area contributed by atoms with E-state index in [9.17, 15) is 51.4 Å². The molecule has 0 saturated heterocycles. The van der Waals surface area contributed by atoms with Crippen molar-refractivity contribution >= 4 is 45.8 Å². The van der Waals surface area contributed by atoms with Crippen molar-refractivity contribution in [1.82, 2.24) is 44.6 Å². The van der Waals surface area contributed by atoms with E-state index in [-0.39, 0.29) is 48.8 Å². The van der Waals surface area contributed by atoms with Crippen molar-refractivity contribution in [2.45, 2.75) is 26.2 Å². The number of aromatic carboxylic acids is 1. The number of carboxylic acid groups (broad SMARTS) is 1. The molecule has 10 aromatic rings. The Morgan fingerprint density at radius 3 is 1.44 bits per heavy atom. The second kappa shape index (κ2) is 22.7. The molecule has 78 heavy (non-hydrogen) atoms. The topological polar surface area (TPSA) is 217 Å². The number of carbonyl (C=O) groups excluding carboxylic acids is 3. The summed E-state index contributed by atoms with van der Waals surface area (Å²) in [5, 5.41) is 16.2. The molecule has 0 saturated carbocycles. The zero-order valence-electron chi connectivity index (χ0n) is 41.5. The predicted octanol–water partition coefficient (Wildman–Crippen LogP) is 8.70. The number of hydrogen-bond donors (Lipinski definition) is 5. The highest BCUT2D eigenvalue weighted by Gasteiger charge is 2.18. The molecule has 0 spiro atoms. The molecule has 0 aliphatic heterocycles. The lowest BCUT2D eigenvalue weighted by Crippen LogP contribution is -2.32. The molecule has 20 heteroatoms. The maximum atomic E-state index is 13.6. The Kier molecular flexibility index (Phi) is 15.3. The minimum atomic E-state index is -1.08. The molecule has 4 aromatic carbocycles. The molecule has 6 heterocycles. The van der Waals surface area contributed by atoms with Crippen LogP contribution in [0.25, 0.3) is 44.3 Å². The Morgan fingerprint density at radius 1 is 0.551 bits per heavy atom. The number of amides is 3. The first kappa shape index (κ1) is 52.6. The van der Waals surface area contributed by atoms with E-state index in [4.69, 9.17) is 0 Å². The molecule has 3 amide bonds. The minimum absolute atomic E-state index is 0.0134. The third kappa shape index (κ3) is 11.7. The standard InChI is InChI=1S/C30H25F2N5O3.C28H20F2N4O4/c1-36(2)29(39)21-13-23-24(16-34-27(23)33-15-21)20-6-3-5-18(11-20)14-35-28(38)22-7-4-10-37(30(22)40)17-19-8-9-25(31)26(32)12-19;29-23-7-6-17(10-24(23)30)15-34-8-2-5-20(27(34)36)26(35)33-12-16-3-1-4-18(9-16)22-14-32-25-21(22)11-19(13-31-25)28(37)38/h3-13,15-16H,14,17H2,1-2H3,(H,33,34)(H,35,38);1-11,13-14H,12,15H2,(H,31,32)(H,33,35)(H,37,38). The fraction of sp³-hybridized carbons (Fsp3) is 0.103. The molecule has 0 aliphatic rings. The van der Waals surface area contributed by atoms with Gasteiger partial charge < -0.3 is 39.7 Å². The van der Waals surface area contributed by atoms with Gasteiger partial charge in [0.05, 0.1) is 24.2 Å². The summed E-state index contributed by atoms with van der Waals surface area (Å²) in [6, 6.07) is 30.9. The summed E-state index contributed by atoms with van der Waals surface area (Å²) >= 11 is 0. The number of halogens is 4. The van der Waals surface area contributed by atoms with Crippen LogP contribution in [0.5, 0.6) is 0 Å². The number of hydrogen-bond acceptors (Lipinski definition) is 8. The second-order valence-corrected chi connectivity index (χ2v) is 18.1. The summed E-state index contributed by atoms with van der Waals surface area (Å²) < 4.78 is 56.1.